The van der Waals surface area contributed by atoms with Crippen LogP contribution in [0.15, 0.2) is 30.3 Å². The van der Waals surface area contributed by atoms with Crippen molar-refractivity contribution in [2.24, 2.45) is 5.92 Å². The molecule has 1 aromatic heterocycles. The van der Waals surface area contributed by atoms with E-state index in [-0.39, 0.29) is 24.3 Å². The van der Waals surface area contributed by atoms with Gasteiger partial charge < -0.3 is 10.6 Å². The molecule has 0 saturated heterocycles. The number of hydrogen-bond donors (Lipinski definition) is 3. The Morgan fingerprint density at radius 2 is 1.89 bits per heavy atom. The molecule has 1 aromatic carbocycles. The molecule has 2 aromatic rings. The molecule has 6 nitrogen and oxygen atoms in total. The van der Waals surface area contributed by atoms with Crippen molar-refractivity contribution in [3.8, 4) is 0 Å². The minimum atomic E-state index is -0.362. The molecule has 1 aliphatic carbocycles. The van der Waals surface area contributed by atoms with Gasteiger partial charge in [-0.25, -0.2) is 0 Å². The smallest absolute Gasteiger partial charge is 0.227 e. The summed E-state index contributed by atoms with van der Waals surface area (Å²) in [6.07, 6.45) is 7.66. The molecule has 2 amide bonds. The maximum atomic E-state index is 12.5. The molecular formula is C22H30N4O2. The van der Waals surface area contributed by atoms with E-state index in [2.05, 4.69) is 20.8 Å². The number of H-pyrrole nitrogens is 1. The second-order valence-electron chi connectivity index (χ2n) is 7.90. The molecule has 0 bridgehead atoms. The summed E-state index contributed by atoms with van der Waals surface area (Å²) in [5.41, 5.74) is 3.12. The molecule has 1 aliphatic rings. The highest BCUT2D eigenvalue weighted by molar-refractivity contribution is 5.90. The zero-order valence-corrected chi connectivity index (χ0v) is 16.8. The molecule has 6 heteroatoms. The Balaban J connectivity index is 1.58. The first-order chi connectivity index (χ1) is 13.5. The fourth-order valence-corrected chi connectivity index (χ4v) is 3.91. The summed E-state index contributed by atoms with van der Waals surface area (Å²) in [6.45, 7) is 3.47. The van der Waals surface area contributed by atoms with Gasteiger partial charge in [0.25, 0.3) is 0 Å². The molecule has 150 valence electrons. The topological polar surface area (TPSA) is 86.9 Å². The van der Waals surface area contributed by atoms with Gasteiger partial charge in [0.2, 0.25) is 11.8 Å². The van der Waals surface area contributed by atoms with Gasteiger partial charge in [0.15, 0.2) is 5.82 Å². The highest BCUT2D eigenvalue weighted by Gasteiger charge is 2.19. The van der Waals surface area contributed by atoms with Gasteiger partial charge in [-0.3, -0.25) is 14.7 Å². The average Bonchev–Trinajstić information content (AvgIpc) is 3.09. The third-order valence-electron chi connectivity index (χ3n) is 5.38. The molecule has 3 N–H and O–H groups in total. The van der Waals surface area contributed by atoms with Gasteiger partial charge in [-0.15, -0.1) is 0 Å². The van der Waals surface area contributed by atoms with Crippen LogP contribution in [-0.2, 0) is 16.0 Å². The zero-order chi connectivity index (χ0) is 19.9. The van der Waals surface area contributed by atoms with Crippen LogP contribution in [0.2, 0.25) is 0 Å². The van der Waals surface area contributed by atoms with Gasteiger partial charge in [-0.05, 0) is 24.8 Å². The Labute approximate surface area is 166 Å². The Kier molecular flexibility index (Phi) is 6.85. The monoisotopic (exact) mass is 382 g/mol. The van der Waals surface area contributed by atoms with E-state index < -0.39 is 0 Å². The number of carbonyl (C=O) groups excluding carboxylic acids is 2. The van der Waals surface area contributed by atoms with Crippen LogP contribution in [0.3, 0.4) is 0 Å². The first kappa shape index (κ1) is 20.1. The van der Waals surface area contributed by atoms with Crippen LogP contribution < -0.4 is 10.6 Å². The maximum absolute atomic E-state index is 12.5. The van der Waals surface area contributed by atoms with Crippen molar-refractivity contribution < 1.29 is 9.59 Å². The molecule has 0 aliphatic heterocycles. The van der Waals surface area contributed by atoms with Gasteiger partial charge in [-0.1, -0.05) is 61.9 Å². The fourth-order valence-electron chi connectivity index (χ4n) is 3.91. The van der Waals surface area contributed by atoms with E-state index in [1.807, 2.05) is 37.3 Å². The highest BCUT2D eigenvalue weighted by atomic mass is 16.2. The number of aryl methyl sites for hydroxylation is 1. The van der Waals surface area contributed by atoms with Gasteiger partial charge >= 0.3 is 0 Å². The lowest BCUT2D eigenvalue weighted by Crippen LogP contribution is -2.29. The number of aromatic amines is 1. The zero-order valence-electron chi connectivity index (χ0n) is 16.8. The highest BCUT2D eigenvalue weighted by Crippen LogP contribution is 2.27. The van der Waals surface area contributed by atoms with Crippen LogP contribution in [0.4, 0.5) is 5.82 Å². The summed E-state index contributed by atoms with van der Waals surface area (Å²) in [5, 5.41) is 13.0. The minimum Gasteiger partial charge on any atom is -0.349 e. The van der Waals surface area contributed by atoms with Crippen LogP contribution in [0.1, 0.15) is 68.3 Å². The summed E-state index contributed by atoms with van der Waals surface area (Å²) < 4.78 is 0. The average molecular weight is 383 g/mol. The van der Waals surface area contributed by atoms with E-state index in [0.29, 0.717) is 11.7 Å². The quantitative estimate of drug-likeness (QED) is 0.675. The van der Waals surface area contributed by atoms with Crippen molar-refractivity contribution in [2.45, 2.75) is 64.8 Å². The lowest BCUT2D eigenvalue weighted by molar-refractivity contribution is -0.120. The SMILES string of the molecule is CC(=O)NC(CC(=O)Nc1cc(CC2CCCCC2)[nH]n1)c1ccc(C)cc1. The summed E-state index contributed by atoms with van der Waals surface area (Å²) in [4.78, 5) is 24.1. The van der Waals surface area contributed by atoms with E-state index in [4.69, 9.17) is 0 Å². The molecule has 1 heterocycles. The number of carbonyl (C=O) groups is 2. The van der Waals surface area contributed by atoms with Crippen molar-refractivity contribution in [3.63, 3.8) is 0 Å². The van der Waals surface area contributed by atoms with Crippen molar-refractivity contribution in [1.82, 2.24) is 15.5 Å². The molecule has 1 atom stereocenters. The van der Waals surface area contributed by atoms with Gasteiger partial charge in [-0.2, -0.15) is 5.10 Å². The molecule has 1 fully saturated rings. The first-order valence-electron chi connectivity index (χ1n) is 10.2. The molecule has 0 radical (unpaired) electrons. The van der Waals surface area contributed by atoms with Crippen LogP contribution in [0.5, 0.6) is 0 Å². The lowest BCUT2D eigenvalue weighted by atomic mass is 9.86. The Morgan fingerprint density at radius 1 is 1.18 bits per heavy atom. The Hall–Kier alpha value is -2.63. The Morgan fingerprint density at radius 3 is 2.57 bits per heavy atom. The third kappa shape index (κ3) is 5.94. The summed E-state index contributed by atoms with van der Waals surface area (Å²) in [7, 11) is 0. The number of benzene rings is 1. The Bertz CT molecular complexity index is 791. The lowest BCUT2D eigenvalue weighted by Gasteiger charge is -2.20. The normalized spacial score (nSPS) is 15.8. The minimum absolute atomic E-state index is 0.159. The number of rotatable bonds is 7. The van der Waals surface area contributed by atoms with Gasteiger partial charge in [0, 0.05) is 18.7 Å². The fraction of sp³-hybridized carbons (Fsp3) is 0.500. The second-order valence-corrected chi connectivity index (χ2v) is 7.90. The number of anilines is 1. The van der Waals surface area contributed by atoms with Crippen LogP contribution in [0.25, 0.3) is 0 Å². The van der Waals surface area contributed by atoms with E-state index in [9.17, 15) is 9.59 Å². The second kappa shape index (κ2) is 9.53. The van der Waals surface area contributed by atoms with Crippen molar-refractivity contribution in [2.75, 3.05) is 5.32 Å². The predicted molar refractivity (Wildman–Crippen MR) is 110 cm³/mol. The number of aromatic nitrogens is 2. The first-order valence-corrected chi connectivity index (χ1v) is 10.2. The largest absolute Gasteiger partial charge is 0.349 e. The van der Waals surface area contributed by atoms with E-state index in [1.165, 1.54) is 39.0 Å². The molecule has 0 spiro atoms. The van der Waals surface area contributed by atoms with Crippen LogP contribution >= 0.6 is 0 Å². The van der Waals surface area contributed by atoms with Crippen molar-refractivity contribution in [1.29, 1.82) is 0 Å². The van der Waals surface area contributed by atoms with Crippen molar-refractivity contribution in [3.05, 3.63) is 47.2 Å². The van der Waals surface area contributed by atoms with Gasteiger partial charge in [0.05, 0.1) is 12.5 Å². The van der Waals surface area contributed by atoms with E-state index in [1.54, 1.807) is 0 Å². The van der Waals surface area contributed by atoms with E-state index in [0.717, 1.165) is 23.2 Å². The third-order valence-corrected chi connectivity index (χ3v) is 5.38. The number of hydrogen-bond acceptors (Lipinski definition) is 3. The summed E-state index contributed by atoms with van der Waals surface area (Å²) >= 11 is 0. The molecule has 1 unspecified atom stereocenters. The molecule has 3 rings (SSSR count). The number of nitrogens with zero attached hydrogens (tertiary/aromatic N) is 1. The summed E-state index contributed by atoms with van der Waals surface area (Å²) in [5.74, 6) is 0.924. The molecule has 1 saturated carbocycles. The van der Waals surface area contributed by atoms with E-state index >= 15 is 0 Å². The maximum Gasteiger partial charge on any atom is 0.227 e. The molecule has 28 heavy (non-hydrogen) atoms. The summed E-state index contributed by atoms with van der Waals surface area (Å²) in [6, 6.07) is 9.41. The number of nitrogens with one attached hydrogen (secondary N) is 3. The van der Waals surface area contributed by atoms with Crippen LogP contribution in [-0.4, -0.2) is 22.0 Å². The van der Waals surface area contributed by atoms with Crippen molar-refractivity contribution >= 4 is 17.6 Å². The number of amides is 2. The van der Waals surface area contributed by atoms with Crippen LogP contribution in [0, 0.1) is 12.8 Å². The van der Waals surface area contributed by atoms with Gasteiger partial charge in [0.1, 0.15) is 0 Å². The molecular weight excluding hydrogens is 352 g/mol. The predicted octanol–water partition coefficient (Wildman–Crippen LogP) is 4.05. The standard InChI is InChI=1S/C22H30N4O2/c1-15-8-10-18(11-9-15)20(23-16(2)27)14-22(28)24-21-13-19(25-26-21)12-17-6-4-3-5-7-17/h8-11,13,17,20H,3-7,12,14H2,1-2H3,(H,23,27)(H2,24,25,26,28).